The molecule has 0 spiro atoms. The van der Waals surface area contributed by atoms with Crippen LogP contribution in [0, 0.1) is 5.41 Å². The maximum atomic E-state index is 11.4. The SMILES string of the molecule is CC(C)(C)[Si](OCC1(CC=O)C=CCC=C1)(c1ccccc1)c1ccccc1. The molecule has 3 rings (SSSR count). The van der Waals surface area contributed by atoms with Crippen molar-refractivity contribution < 1.29 is 9.22 Å². The van der Waals surface area contributed by atoms with Gasteiger partial charge in [0.1, 0.15) is 6.29 Å². The van der Waals surface area contributed by atoms with Gasteiger partial charge in [-0.2, -0.15) is 0 Å². The van der Waals surface area contributed by atoms with Crippen molar-refractivity contribution in [1.29, 1.82) is 0 Å². The van der Waals surface area contributed by atoms with Gasteiger partial charge in [-0.15, -0.1) is 0 Å². The molecule has 146 valence electrons. The van der Waals surface area contributed by atoms with E-state index in [1.54, 1.807) is 0 Å². The number of carbonyl (C=O) groups excluding carboxylic acids is 1. The molecule has 28 heavy (non-hydrogen) atoms. The minimum absolute atomic E-state index is 0.0693. The Morgan fingerprint density at radius 2 is 1.43 bits per heavy atom. The van der Waals surface area contributed by atoms with Crippen LogP contribution in [0.25, 0.3) is 0 Å². The van der Waals surface area contributed by atoms with Gasteiger partial charge in [-0.3, -0.25) is 0 Å². The molecular formula is C25H30O2Si. The third kappa shape index (κ3) is 3.96. The highest BCUT2D eigenvalue weighted by molar-refractivity contribution is 6.99. The van der Waals surface area contributed by atoms with Gasteiger partial charge in [0.15, 0.2) is 0 Å². The largest absolute Gasteiger partial charge is 0.406 e. The summed E-state index contributed by atoms with van der Waals surface area (Å²) >= 11 is 0. The van der Waals surface area contributed by atoms with Crippen molar-refractivity contribution in [2.75, 3.05) is 6.61 Å². The quantitative estimate of drug-likeness (QED) is 0.391. The van der Waals surface area contributed by atoms with E-state index in [-0.39, 0.29) is 10.5 Å². The van der Waals surface area contributed by atoms with Gasteiger partial charge >= 0.3 is 0 Å². The smallest absolute Gasteiger partial charge is 0.261 e. The summed E-state index contributed by atoms with van der Waals surface area (Å²) in [5.74, 6) is 0. The highest BCUT2D eigenvalue weighted by atomic mass is 28.4. The van der Waals surface area contributed by atoms with Crippen LogP contribution in [0.2, 0.25) is 5.04 Å². The summed E-state index contributed by atoms with van der Waals surface area (Å²) in [6.45, 7) is 7.33. The second-order valence-corrected chi connectivity index (χ2v) is 12.9. The zero-order valence-corrected chi connectivity index (χ0v) is 18.1. The van der Waals surface area contributed by atoms with Gasteiger partial charge in [-0.05, 0) is 21.8 Å². The number of hydrogen-bond acceptors (Lipinski definition) is 2. The maximum Gasteiger partial charge on any atom is 0.261 e. The van der Waals surface area contributed by atoms with E-state index in [9.17, 15) is 4.79 Å². The van der Waals surface area contributed by atoms with Gasteiger partial charge in [0.2, 0.25) is 0 Å². The number of benzene rings is 2. The average molecular weight is 391 g/mol. The molecule has 2 aromatic carbocycles. The van der Waals surface area contributed by atoms with E-state index >= 15 is 0 Å². The lowest BCUT2D eigenvalue weighted by Crippen LogP contribution is -2.67. The molecule has 1 aliphatic carbocycles. The molecule has 0 bridgehead atoms. The number of rotatable bonds is 7. The number of hydrogen-bond donors (Lipinski definition) is 0. The second kappa shape index (κ2) is 8.42. The van der Waals surface area contributed by atoms with Crippen LogP contribution in [-0.4, -0.2) is 21.2 Å². The molecule has 0 amide bonds. The van der Waals surface area contributed by atoms with E-state index in [0.717, 1.165) is 12.7 Å². The summed E-state index contributed by atoms with van der Waals surface area (Å²) in [5.41, 5.74) is -0.354. The number of carbonyl (C=O) groups is 1. The Kier molecular flexibility index (Phi) is 6.16. The Bertz CT molecular complexity index is 780. The van der Waals surface area contributed by atoms with Crippen LogP contribution in [-0.2, 0) is 9.22 Å². The van der Waals surface area contributed by atoms with Crippen LogP contribution in [0.4, 0.5) is 0 Å². The predicted octanol–water partition coefficient (Wildman–Crippen LogP) is 4.65. The Labute approximate surface area is 170 Å². The molecule has 2 aromatic rings. The minimum Gasteiger partial charge on any atom is -0.406 e. The van der Waals surface area contributed by atoms with Crippen molar-refractivity contribution in [3.05, 3.63) is 85.0 Å². The summed E-state index contributed by atoms with van der Waals surface area (Å²) in [4.78, 5) is 11.4. The molecular weight excluding hydrogens is 360 g/mol. The molecule has 0 aliphatic heterocycles. The minimum atomic E-state index is -2.59. The molecule has 0 atom stereocenters. The van der Waals surface area contributed by atoms with Crippen LogP contribution < -0.4 is 10.4 Å². The van der Waals surface area contributed by atoms with Gasteiger partial charge < -0.3 is 9.22 Å². The Morgan fingerprint density at radius 1 is 0.929 bits per heavy atom. The number of aldehydes is 1. The van der Waals surface area contributed by atoms with Crippen molar-refractivity contribution in [3.8, 4) is 0 Å². The summed E-state index contributed by atoms with van der Waals surface area (Å²) in [7, 11) is -2.59. The summed E-state index contributed by atoms with van der Waals surface area (Å²) < 4.78 is 7.04. The first-order valence-electron chi connectivity index (χ1n) is 9.98. The Balaban J connectivity index is 2.11. The zero-order chi connectivity index (χ0) is 20.1. The summed E-state index contributed by atoms with van der Waals surface area (Å²) in [6, 6.07) is 21.3. The van der Waals surface area contributed by atoms with E-state index in [4.69, 9.17) is 4.43 Å². The van der Waals surface area contributed by atoms with Crippen LogP contribution >= 0.6 is 0 Å². The third-order valence-electron chi connectivity index (χ3n) is 5.61. The fourth-order valence-corrected chi connectivity index (χ4v) is 8.83. The fourth-order valence-electron chi connectivity index (χ4n) is 4.19. The molecule has 0 unspecified atom stereocenters. The van der Waals surface area contributed by atoms with E-state index in [0.29, 0.717) is 13.0 Å². The van der Waals surface area contributed by atoms with Gasteiger partial charge in [-0.1, -0.05) is 106 Å². The molecule has 0 heterocycles. The van der Waals surface area contributed by atoms with Crippen LogP contribution in [0.15, 0.2) is 85.0 Å². The molecule has 1 aliphatic rings. The highest BCUT2D eigenvalue weighted by Gasteiger charge is 2.51. The monoisotopic (exact) mass is 390 g/mol. The predicted molar refractivity (Wildman–Crippen MR) is 120 cm³/mol. The second-order valence-electron chi connectivity index (χ2n) is 8.60. The first-order valence-corrected chi connectivity index (χ1v) is 11.9. The van der Waals surface area contributed by atoms with Gasteiger partial charge in [0.05, 0.1) is 0 Å². The van der Waals surface area contributed by atoms with Crippen molar-refractivity contribution in [1.82, 2.24) is 0 Å². The van der Waals surface area contributed by atoms with Crippen LogP contribution in [0.1, 0.15) is 33.6 Å². The Hall–Kier alpha value is -2.23. The van der Waals surface area contributed by atoms with E-state index < -0.39 is 8.32 Å². The molecule has 0 saturated carbocycles. The van der Waals surface area contributed by atoms with E-state index in [1.165, 1.54) is 10.4 Å². The van der Waals surface area contributed by atoms with Crippen LogP contribution in [0.3, 0.4) is 0 Å². The lowest BCUT2D eigenvalue weighted by atomic mass is 9.82. The van der Waals surface area contributed by atoms with E-state index in [2.05, 4.69) is 106 Å². The standard InChI is InChI=1S/C25H30O2Si/c1-24(2,3)28(22-13-7-4-8-14-22,23-15-9-5-10-16-23)27-21-25(19-20-26)17-11-6-12-18-25/h4-5,7-18,20H,6,19,21H2,1-3H3. The van der Waals surface area contributed by atoms with Crippen molar-refractivity contribution in [2.24, 2.45) is 5.41 Å². The van der Waals surface area contributed by atoms with E-state index in [1.807, 2.05) is 0 Å². The van der Waals surface area contributed by atoms with Crippen LogP contribution in [0.5, 0.6) is 0 Å². The molecule has 0 N–H and O–H groups in total. The number of allylic oxidation sites excluding steroid dienone is 2. The highest BCUT2D eigenvalue weighted by Crippen LogP contribution is 2.39. The lowest BCUT2D eigenvalue weighted by Gasteiger charge is -2.45. The normalized spacial score (nSPS) is 16.1. The molecule has 0 saturated heterocycles. The van der Waals surface area contributed by atoms with Gasteiger partial charge in [-0.25, -0.2) is 0 Å². The third-order valence-corrected chi connectivity index (χ3v) is 10.6. The van der Waals surface area contributed by atoms with Gasteiger partial charge in [0, 0.05) is 18.4 Å². The molecule has 0 radical (unpaired) electrons. The molecule has 2 nitrogen and oxygen atoms in total. The zero-order valence-electron chi connectivity index (χ0n) is 17.1. The van der Waals surface area contributed by atoms with Crippen molar-refractivity contribution >= 4 is 25.0 Å². The lowest BCUT2D eigenvalue weighted by molar-refractivity contribution is -0.109. The summed E-state index contributed by atoms with van der Waals surface area (Å²) in [5, 5.41) is 2.46. The van der Waals surface area contributed by atoms with Crippen molar-refractivity contribution in [2.45, 2.75) is 38.7 Å². The van der Waals surface area contributed by atoms with Crippen molar-refractivity contribution in [3.63, 3.8) is 0 Å². The molecule has 3 heteroatoms. The first kappa shape index (κ1) is 20.5. The Morgan fingerprint density at radius 3 is 1.86 bits per heavy atom. The molecule has 0 aromatic heterocycles. The fraction of sp³-hybridized carbons (Fsp3) is 0.320. The molecule has 0 fully saturated rings. The average Bonchev–Trinajstić information content (AvgIpc) is 2.70. The first-order chi connectivity index (χ1) is 13.4. The summed E-state index contributed by atoms with van der Waals surface area (Å²) in [6.07, 6.45) is 10.9. The maximum absolute atomic E-state index is 11.4. The topological polar surface area (TPSA) is 26.3 Å². The van der Waals surface area contributed by atoms with Gasteiger partial charge in [0.25, 0.3) is 8.32 Å².